The van der Waals surface area contributed by atoms with Gasteiger partial charge in [0.05, 0.1) is 0 Å². The first kappa shape index (κ1) is 8.84. The molecule has 0 aromatic rings. The minimum Gasteiger partial charge on any atom is -0.388 e. The molecule has 1 atom stereocenters. The van der Waals surface area contributed by atoms with E-state index in [0.717, 1.165) is 6.08 Å². The summed E-state index contributed by atoms with van der Waals surface area (Å²) in [6, 6.07) is 0. The zero-order valence-electron chi connectivity index (χ0n) is 5.53. The van der Waals surface area contributed by atoms with E-state index >= 15 is 0 Å². The second kappa shape index (κ2) is 3.79. The Kier molecular flexibility index (Phi) is 3.35. The van der Waals surface area contributed by atoms with Gasteiger partial charge in [0.2, 0.25) is 0 Å². The summed E-state index contributed by atoms with van der Waals surface area (Å²) in [6.45, 7) is 4.27. The summed E-state index contributed by atoms with van der Waals surface area (Å²) in [4.78, 5) is 20.6. The van der Waals surface area contributed by atoms with Gasteiger partial charge in [0, 0.05) is 6.08 Å². The number of esters is 2. The molecule has 0 spiro atoms. The fraction of sp³-hybridized carbons (Fsp3) is 0.333. The summed E-state index contributed by atoms with van der Waals surface area (Å²) in [5.74, 6) is -1.82. The van der Waals surface area contributed by atoms with E-state index in [1.165, 1.54) is 6.92 Å². The van der Waals surface area contributed by atoms with Crippen LogP contribution in [0.15, 0.2) is 12.7 Å². The summed E-state index contributed by atoms with van der Waals surface area (Å²) in [5, 5.41) is 8.50. The minimum absolute atomic E-state index is 0.847. The van der Waals surface area contributed by atoms with E-state index in [9.17, 15) is 9.59 Å². The predicted molar refractivity (Wildman–Crippen MR) is 33.0 cm³/mol. The molecule has 4 nitrogen and oxygen atoms in total. The molecule has 1 unspecified atom stereocenters. The summed E-state index contributed by atoms with van der Waals surface area (Å²) in [6.07, 6.45) is -0.427. The topological polar surface area (TPSA) is 63.6 Å². The number of aliphatic hydroxyl groups excluding tert-OH is 1. The molecule has 0 saturated carbocycles. The third-order valence-electron chi connectivity index (χ3n) is 0.709. The van der Waals surface area contributed by atoms with Crippen molar-refractivity contribution in [3.63, 3.8) is 0 Å². The number of hydrogen-bond acceptors (Lipinski definition) is 4. The lowest BCUT2D eigenvalue weighted by Crippen LogP contribution is -2.21. The maximum Gasteiger partial charge on any atom is 0.342 e. The highest BCUT2D eigenvalue weighted by atomic mass is 16.6. The van der Waals surface area contributed by atoms with Crippen LogP contribution < -0.4 is 0 Å². The van der Waals surface area contributed by atoms with Crippen molar-refractivity contribution < 1.29 is 19.4 Å². The van der Waals surface area contributed by atoms with Gasteiger partial charge in [-0.1, -0.05) is 6.58 Å². The zero-order valence-corrected chi connectivity index (χ0v) is 5.53. The molecular weight excluding hydrogens is 136 g/mol. The van der Waals surface area contributed by atoms with Crippen molar-refractivity contribution in [1.29, 1.82) is 0 Å². The van der Waals surface area contributed by atoms with Crippen LogP contribution in [-0.2, 0) is 14.3 Å². The Hall–Kier alpha value is -1.16. The lowest BCUT2D eigenvalue weighted by Gasteiger charge is -2.00. The van der Waals surface area contributed by atoms with E-state index < -0.39 is 18.0 Å². The Labute approximate surface area is 58.1 Å². The molecule has 0 radical (unpaired) electrons. The van der Waals surface area contributed by atoms with Gasteiger partial charge < -0.3 is 9.84 Å². The van der Waals surface area contributed by atoms with Gasteiger partial charge in [0.15, 0.2) is 0 Å². The van der Waals surface area contributed by atoms with Crippen molar-refractivity contribution >= 4 is 11.9 Å². The predicted octanol–water partition coefficient (Wildman–Crippen LogP) is -0.377. The quantitative estimate of drug-likeness (QED) is 0.326. The number of carbonyl (C=O) groups excluding carboxylic acids is 2. The molecule has 0 amide bonds. The van der Waals surface area contributed by atoms with Crippen LogP contribution in [-0.4, -0.2) is 23.1 Å². The van der Waals surface area contributed by atoms with E-state index in [0.29, 0.717) is 0 Å². The Morgan fingerprint density at radius 1 is 1.70 bits per heavy atom. The molecule has 0 bridgehead atoms. The average Bonchev–Trinajstić information content (AvgIpc) is 1.87. The van der Waals surface area contributed by atoms with Crippen LogP contribution in [0.5, 0.6) is 0 Å². The van der Waals surface area contributed by atoms with Crippen LogP contribution in [0.4, 0.5) is 0 Å². The normalized spacial score (nSPS) is 11.8. The molecule has 0 aromatic carbocycles. The van der Waals surface area contributed by atoms with Gasteiger partial charge in [-0.25, -0.2) is 9.59 Å². The van der Waals surface area contributed by atoms with Crippen LogP contribution in [0, 0.1) is 0 Å². The maximum absolute atomic E-state index is 10.4. The molecule has 0 aliphatic heterocycles. The first-order valence-corrected chi connectivity index (χ1v) is 2.64. The van der Waals surface area contributed by atoms with Crippen molar-refractivity contribution in [2.75, 3.05) is 0 Å². The van der Waals surface area contributed by atoms with Crippen LogP contribution in [0.2, 0.25) is 0 Å². The summed E-state index contributed by atoms with van der Waals surface area (Å²) in [7, 11) is 0. The fourth-order valence-corrected chi connectivity index (χ4v) is 0.226. The third kappa shape index (κ3) is 2.99. The molecular formula is C6H8O4. The fourth-order valence-electron chi connectivity index (χ4n) is 0.226. The lowest BCUT2D eigenvalue weighted by atomic mass is 10.4. The minimum atomic E-state index is -1.27. The van der Waals surface area contributed by atoms with Gasteiger partial charge >= 0.3 is 11.9 Å². The number of hydrogen-bond donors (Lipinski definition) is 1. The lowest BCUT2D eigenvalue weighted by molar-refractivity contribution is -0.162. The molecule has 56 valence electrons. The number of aliphatic hydroxyl groups is 1. The first-order valence-electron chi connectivity index (χ1n) is 2.64. The maximum atomic E-state index is 10.4. The first-order chi connectivity index (χ1) is 4.57. The van der Waals surface area contributed by atoms with Crippen molar-refractivity contribution in [3.8, 4) is 0 Å². The second-order valence-electron chi connectivity index (χ2n) is 1.62. The molecule has 0 heterocycles. The Balaban J connectivity index is 3.80. The Bertz CT molecular complexity index is 159. The van der Waals surface area contributed by atoms with Gasteiger partial charge in [0.25, 0.3) is 0 Å². The smallest absolute Gasteiger partial charge is 0.342 e. The van der Waals surface area contributed by atoms with Crippen LogP contribution >= 0.6 is 0 Å². The molecule has 0 fully saturated rings. The Morgan fingerprint density at radius 2 is 2.20 bits per heavy atom. The van der Waals surface area contributed by atoms with Gasteiger partial charge in [-0.15, -0.1) is 0 Å². The van der Waals surface area contributed by atoms with E-state index in [1.54, 1.807) is 0 Å². The third-order valence-corrected chi connectivity index (χ3v) is 0.709. The van der Waals surface area contributed by atoms with Crippen molar-refractivity contribution in [3.05, 3.63) is 12.7 Å². The molecule has 0 aromatic heterocycles. The van der Waals surface area contributed by atoms with Crippen molar-refractivity contribution in [2.45, 2.75) is 13.0 Å². The SMILES string of the molecule is C=CC(=O)OC(=O)C(C)O. The molecule has 0 aliphatic rings. The highest BCUT2D eigenvalue weighted by Crippen LogP contribution is 1.87. The van der Waals surface area contributed by atoms with Crippen molar-refractivity contribution in [1.82, 2.24) is 0 Å². The highest BCUT2D eigenvalue weighted by molar-refractivity contribution is 5.92. The number of carbonyl (C=O) groups is 2. The second-order valence-corrected chi connectivity index (χ2v) is 1.62. The average molecular weight is 144 g/mol. The van der Waals surface area contributed by atoms with Gasteiger partial charge in [-0.3, -0.25) is 0 Å². The van der Waals surface area contributed by atoms with Crippen LogP contribution in [0.25, 0.3) is 0 Å². The molecule has 0 rings (SSSR count). The Morgan fingerprint density at radius 3 is 2.50 bits per heavy atom. The summed E-state index contributed by atoms with van der Waals surface area (Å²) >= 11 is 0. The van der Waals surface area contributed by atoms with Crippen LogP contribution in [0.3, 0.4) is 0 Å². The summed E-state index contributed by atoms with van der Waals surface area (Å²) < 4.78 is 4.02. The molecule has 4 heteroatoms. The highest BCUT2D eigenvalue weighted by Gasteiger charge is 2.12. The van der Waals surface area contributed by atoms with Crippen LogP contribution in [0.1, 0.15) is 6.92 Å². The molecule has 10 heavy (non-hydrogen) atoms. The largest absolute Gasteiger partial charge is 0.388 e. The van der Waals surface area contributed by atoms with E-state index in [1.807, 2.05) is 0 Å². The monoisotopic (exact) mass is 144 g/mol. The molecule has 0 saturated heterocycles. The molecule has 0 aliphatic carbocycles. The van der Waals surface area contributed by atoms with Gasteiger partial charge in [0.1, 0.15) is 6.10 Å². The van der Waals surface area contributed by atoms with E-state index in [-0.39, 0.29) is 0 Å². The standard InChI is InChI=1S/C6H8O4/c1-3-5(8)10-6(9)4(2)7/h3-4,7H,1H2,2H3. The summed E-state index contributed by atoms with van der Waals surface area (Å²) in [5.41, 5.74) is 0. The number of rotatable bonds is 2. The van der Waals surface area contributed by atoms with Crippen molar-refractivity contribution in [2.24, 2.45) is 0 Å². The molecule has 1 N–H and O–H groups in total. The van der Waals surface area contributed by atoms with E-state index in [2.05, 4.69) is 11.3 Å². The number of ether oxygens (including phenoxy) is 1. The van der Waals surface area contributed by atoms with Gasteiger partial charge in [-0.05, 0) is 6.92 Å². The van der Waals surface area contributed by atoms with E-state index in [4.69, 9.17) is 5.11 Å². The zero-order chi connectivity index (χ0) is 8.15. The van der Waals surface area contributed by atoms with Gasteiger partial charge in [-0.2, -0.15) is 0 Å².